The summed E-state index contributed by atoms with van der Waals surface area (Å²) in [5.41, 5.74) is -0.589. The fourth-order valence-corrected chi connectivity index (χ4v) is 2.46. The van der Waals surface area contributed by atoms with Crippen molar-refractivity contribution in [3.63, 3.8) is 0 Å². The van der Waals surface area contributed by atoms with Gasteiger partial charge in [-0.05, 0) is 37.1 Å². The summed E-state index contributed by atoms with van der Waals surface area (Å²) < 4.78 is 31.3. The molecule has 3 rings (SSSR count). The summed E-state index contributed by atoms with van der Waals surface area (Å²) in [7, 11) is 1.51. The summed E-state index contributed by atoms with van der Waals surface area (Å²) >= 11 is 0. The third-order valence-corrected chi connectivity index (χ3v) is 4.12. The average Bonchev–Trinajstić information content (AvgIpc) is 3.40. The average molecular weight is 346 g/mol. The maximum Gasteiger partial charge on any atom is 0.240 e. The Hall–Kier alpha value is -2.96. The van der Waals surface area contributed by atoms with Crippen LogP contribution in [0.15, 0.2) is 42.5 Å². The van der Waals surface area contributed by atoms with Crippen LogP contribution in [0, 0.1) is 17.0 Å². The van der Waals surface area contributed by atoms with E-state index in [1.807, 2.05) is 0 Å². The highest BCUT2D eigenvalue weighted by Gasteiger charge is 2.56. The Bertz CT molecular complexity index is 835. The van der Waals surface area contributed by atoms with Crippen LogP contribution in [0.25, 0.3) is 0 Å². The second-order valence-corrected chi connectivity index (χ2v) is 5.85. The first-order valence-electron chi connectivity index (χ1n) is 7.67. The minimum atomic E-state index is -1.20. The van der Waals surface area contributed by atoms with Crippen LogP contribution in [0.4, 0.5) is 20.2 Å². The van der Waals surface area contributed by atoms with Gasteiger partial charge in [-0.15, -0.1) is 0 Å². The fourth-order valence-electron chi connectivity index (χ4n) is 2.46. The molecule has 1 fully saturated rings. The van der Waals surface area contributed by atoms with E-state index in [-0.39, 0.29) is 5.69 Å². The van der Waals surface area contributed by atoms with Gasteiger partial charge in [0, 0.05) is 23.5 Å². The Morgan fingerprint density at radius 2 is 1.60 bits per heavy atom. The number of hydrogen-bond donors (Lipinski definition) is 2. The van der Waals surface area contributed by atoms with Crippen molar-refractivity contribution in [3.05, 3.63) is 54.1 Å². The Balaban J connectivity index is 1.71. The van der Waals surface area contributed by atoms with Gasteiger partial charge in [0.25, 0.3) is 0 Å². The lowest BCUT2D eigenvalue weighted by Gasteiger charge is -2.16. The monoisotopic (exact) mass is 346 g/mol. The molecule has 0 spiro atoms. The molecule has 0 aliphatic heterocycles. The Labute approximate surface area is 143 Å². The van der Waals surface area contributed by atoms with E-state index in [4.69, 9.17) is 4.74 Å². The maximum absolute atomic E-state index is 13.2. The van der Waals surface area contributed by atoms with E-state index in [2.05, 4.69) is 10.6 Å². The number of benzene rings is 2. The number of amides is 2. The van der Waals surface area contributed by atoms with Gasteiger partial charge in [-0.1, -0.05) is 6.07 Å². The number of anilines is 2. The van der Waals surface area contributed by atoms with Gasteiger partial charge in [0.15, 0.2) is 11.6 Å². The highest BCUT2D eigenvalue weighted by molar-refractivity contribution is 6.16. The van der Waals surface area contributed by atoms with Gasteiger partial charge in [-0.25, -0.2) is 8.78 Å². The summed E-state index contributed by atoms with van der Waals surface area (Å²) in [6.07, 6.45) is 0.774. The molecule has 1 saturated carbocycles. The van der Waals surface area contributed by atoms with Crippen LogP contribution in [-0.4, -0.2) is 18.9 Å². The molecular weight excluding hydrogens is 330 g/mol. The van der Waals surface area contributed by atoms with Gasteiger partial charge in [-0.3, -0.25) is 9.59 Å². The lowest BCUT2D eigenvalue weighted by Crippen LogP contribution is -2.35. The molecule has 2 amide bonds. The van der Waals surface area contributed by atoms with E-state index >= 15 is 0 Å². The second kappa shape index (κ2) is 6.51. The SMILES string of the molecule is COc1cccc(NC(=O)C2(C(=O)Nc3ccc(F)c(F)c3)CC2)c1. The van der Waals surface area contributed by atoms with Crippen LogP contribution in [0.2, 0.25) is 0 Å². The minimum Gasteiger partial charge on any atom is -0.497 e. The Morgan fingerprint density at radius 1 is 0.960 bits per heavy atom. The minimum absolute atomic E-state index is 0.101. The highest BCUT2D eigenvalue weighted by Crippen LogP contribution is 2.47. The third kappa shape index (κ3) is 3.45. The predicted octanol–water partition coefficient (Wildman–Crippen LogP) is 3.33. The highest BCUT2D eigenvalue weighted by atomic mass is 19.2. The van der Waals surface area contributed by atoms with Gasteiger partial charge in [0.05, 0.1) is 7.11 Å². The van der Waals surface area contributed by atoms with Crippen LogP contribution < -0.4 is 15.4 Å². The first-order chi connectivity index (χ1) is 11.9. The van der Waals surface area contributed by atoms with Gasteiger partial charge >= 0.3 is 0 Å². The van der Waals surface area contributed by atoms with Gasteiger partial charge in [0.2, 0.25) is 11.8 Å². The molecule has 7 heteroatoms. The summed E-state index contributed by atoms with van der Waals surface area (Å²) in [4.78, 5) is 24.9. The van der Waals surface area contributed by atoms with E-state index in [1.54, 1.807) is 24.3 Å². The largest absolute Gasteiger partial charge is 0.497 e. The third-order valence-electron chi connectivity index (χ3n) is 4.12. The van der Waals surface area contributed by atoms with Crippen LogP contribution in [0.5, 0.6) is 5.75 Å². The molecule has 0 unspecified atom stereocenters. The molecule has 0 radical (unpaired) electrons. The molecular formula is C18H16F2N2O3. The molecule has 2 aromatic rings. The standard InChI is InChI=1S/C18H16F2N2O3/c1-25-13-4-2-3-11(9-13)21-16(23)18(7-8-18)17(24)22-12-5-6-14(19)15(20)10-12/h2-6,9-10H,7-8H2,1H3,(H,21,23)(H,22,24). The van der Waals surface area contributed by atoms with Gasteiger partial charge < -0.3 is 15.4 Å². The first-order valence-corrected chi connectivity index (χ1v) is 7.67. The molecule has 0 bridgehead atoms. The molecule has 2 aromatic carbocycles. The number of hydrogen-bond acceptors (Lipinski definition) is 3. The van der Waals surface area contributed by atoms with Crippen molar-refractivity contribution < 1.29 is 23.1 Å². The lowest BCUT2D eigenvalue weighted by atomic mass is 10.0. The number of ether oxygens (including phenoxy) is 1. The van der Waals surface area contributed by atoms with Gasteiger partial charge in [-0.2, -0.15) is 0 Å². The Morgan fingerprint density at radius 3 is 2.16 bits per heavy atom. The van der Waals surface area contributed by atoms with E-state index in [1.165, 1.54) is 13.2 Å². The maximum atomic E-state index is 13.2. The van der Waals surface area contributed by atoms with Crippen LogP contribution in [-0.2, 0) is 9.59 Å². The molecule has 0 heterocycles. The summed E-state index contributed by atoms with van der Waals surface area (Å²) in [5.74, 6) is -2.48. The molecule has 130 valence electrons. The van der Waals surface area contributed by atoms with Crippen molar-refractivity contribution in [3.8, 4) is 5.75 Å². The zero-order valence-electron chi connectivity index (χ0n) is 13.4. The van der Waals surface area contributed by atoms with Crippen LogP contribution in [0.3, 0.4) is 0 Å². The molecule has 1 aliphatic carbocycles. The second-order valence-electron chi connectivity index (χ2n) is 5.85. The van der Waals surface area contributed by atoms with Crippen molar-refractivity contribution in [1.82, 2.24) is 0 Å². The molecule has 0 saturated heterocycles. The molecule has 2 N–H and O–H groups in total. The number of carbonyl (C=O) groups excluding carboxylic acids is 2. The predicted molar refractivity (Wildman–Crippen MR) is 88.3 cm³/mol. The van der Waals surface area contributed by atoms with Crippen molar-refractivity contribution in [2.45, 2.75) is 12.8 Å². The van der Waals surface area contributed by atoms with Crippen molar-refractivity contribution >= 4 is 23.2 Å². The first kappa shape index (κ1) is 16.9. The summed E-state index contributed by atoms with van der Waals surface area (Å²) in [6, 6.07) is 9.81. The molecule has 5 nitrogen and oxygen atoms in total. The summed E-state index contributed by atoms with van der Waals surface area (Å²) in [6.45, 7) is 0. The molecule has 0 aromatic heterocycles. The van der Waals surface area contributed by atoms with Crippen molar-refractivity contribution in [2.24, 2.45) is 5.41 Å². The number of methoxy groups -OCH3 is 1. The zero-order valence-corrected chi connectivity index (χ0v) is 13.4. The zero-order chi connectivity index (χ0) is 18.0. The molecule has 0 atom stereocenters. The fraction of sp³-hybridized carbons (Fsp3) is 0.222. The van der Waals surface area contributed by atoms with Crippen LogP contribution in [0.1, 0.15) is 12.8 Å². The van der Waals surface area contributed by atoms with Crippen molar-refractivity contribution in [1.29, 1.82) is 0 Å². The van der Waals surface area contributed by atoms with E-state index in [9.17, 15) is 18.4 Å². The quantitative estimate of drug-likeness (QED) is 0.816. The Kier molecular flexibility index (Phi) is 4.39. The smallest absolute Gasteiger partial charge is 0.240 e. The van der Waals surface area contributed by atoms with Gasteiger partial charge in [0.1, 0.15) is 11.2 Å². The summed E-state index contributed by atoms with van der Waals surface area (Å²) in [5, 5.41) is 5.16. The molecule has 1 aliphatic rings. The number of halogens is 2. The lowest BCUT2D eigenvalue weighted by molar-refractivity contribution is -0.131. The van der Waals surface area contributed by atoms with Crippen molar-refractivity contribution in [2.75, 3.05) is 17.7 Å². The number of nitrogens with one attached hydrogen (secondary N) is 2. The topological polar surface area (TPSA) is 67.4 Å². The normalized spacial score (nSPS) is 14.5. The van der Waals surface area contributed by atoms with E-state index in [0.29, 0.717) is 24.3 Å². The number of rotatable bonds is 5. The van der Waals surface area contributed by atoms with Crippen LogP contribution >= 0.6 is 0 Å². The van der Waals surface area contributed by atoms with E-state index in [0.717, 1.165) is 12.1 Å². The molecule has 25 heavy (non-hydrogen) atoms. The number of carbonyl (C=O) groups is 2. The van der Waals surface area contributed by atoms with E-state index < -0.39 is 28.9 Å².